The van der Waals surface area contributed by atoms with E-state index in [1.807, 2.05) is 18.2 Å². The van der Waals surface area contributed by atoms with Gasteiger partial charge in [0.2, 0.25) is 0 Å². The highest BCUT2D eigenvalue weighted by molar-refractivity contribution is 5.89. The average Bonchev–Trinajstić information content (AvgIpc) is 3.08. The van der Waals surface area contributed by atoms with Crippen LogP contribution in [-0.2, 0) is 6.54 Å². The third-order valence-corrected chi connectivity index (χ3v) is 3.44. The second kappa shape index (κ2) is 7.52. The Hall–Kier alpha value is -3.29. The van der Waals surface area contributed by atoms with Gasteiger partial charge in [-0.15, -0.1) is 0 Å². The van der Waals surface area contributed by atoms with Gasteiger partial charge < -0.3 is 10.6 Å². The first-order valence-corrected chi connectivity index (χ1v) is 7.56. The van der Waals surface area contributed by atoms with Gasteiger partial charge in [-0.1, -0.05) is 6.07 Å². The van der Waals surface area contributed by atoms with Crippen LogP contribution in [0.1, 0.15) is 0 Å². The molecule has 128 valence electrons. The molecule has 0 aliphatic heterocycles. The molecule has 0 fully saturated rings. The number of pyridine rings is 1. The van der Waals surface area contributed by atoms with Gasteiger partial charge in [0.15, 0.2) is 0 Å². The molecule has 3 aromatic rings. The summed E-state index contributed by atoms with van der Waals surface area (Å²) >= 11 is 0. The molecule has 2 aromatic heterocycles. The minimum atomic E-state index is -0.829. The van der Waals surface area contributed by atoms with Crippen molar-refractivity contribution in [2.24, 2.45) is 0 Å². The third-order valence-electron chi connectivity index (χ3n) is 3.44. The summed E-state index contributed by atoms with van der Waals surface area (Å²) in [5, 5.41) is 9.07. The summed E-state index contributed by atoms with van der Waals surface area (Å²) < 4.78 is 28.6. The minimum absolute atomic E-state index is 0.249. The van der Waals surface area contributed by atoms with Gasteiger partial charge in [0, 0.05) is 30.7 Å². The maximum Gasteiger partial charge on any atom is 0.319 e. The Bertz CT molecular complexity index is 846. The van der Waals surface area contributed by atoms with Crippen molar-refractivity contribution >= 4 is 11.7 Å². The Morgan fingerprint density at radius 3 is 2.52 bits per heavy atom. The molecule has 0 bridgehead atoms. The van der Waals surface area contributed by atoms with Gasteiger partial charge >= 0.3 is 6.03 Å². The van der Waals surface area contributed by atoms with Gasteiger partial charge in [-0.05, 0) is 30.3 Å². The molecular weight excluding hydrogens is 328 g/mol. The van der Waals surface area contributed by atoms with Crippen molar-refractivity contribution in [3.05, 3.63) is 66.6 Å². The first-order chi connectivity index (χ1) is 12.1. The van der Waals surface area contributed by atoms with E-state index in [4.69, 9.17) is 0 Å². The fourth-order valence-electron chi connectivity index (χ4n) is 2.22. The molecule has 3 rings (SSSR count). The van der Waals surface area contributed by atoms with E-state index in [1.54, 1.807) is 23.3 Å². The van der Waals surface area contributed by atoms with Crippen LogP contribution < -0.4 is 10.6 Å². The molecule has 0 saturated heterocycles. The van der Waals surface area contributed by atoms with E-state index >= 15 is 0 Å². The zero-order valence-corrected chi connectivity index (χ0v) is 13.1. The molecule has 2 heterocycles. The first kappa shape index (κ1) is 16.6. The van der Waals surface area contributed by atoms with E-state index in [0.717, 1.165) is 23.4 Å². The SMILES string of the molecule is O=C(NCCn1ccc(-c2ccncc2)n1)Nc1c(F)cccc1F. The molecule has 2 amide bonds. The lowest BCUT2D eigenvalue weighted by Gasteiger charge is -2.09. The molecule has 0 aliphatic carbocycles. The van der Waals surface area contributed by atoms with Crippen molar-refractivity contribution in [2.45, 2.75) is 6.54 Å². The summed E-state index contributed by atoms with van der Waals surface area (Å²) in [6.45, 7) is 0.664. The van der Waals surface area contributed by atoms with Crippen LogP contribution >= 0.6 is 0 Å². The summed E-state index contributed by atoms with van der Waals surface area (Å²) in [5.41, 5.74) is 1.26. The fourth-order valence-corrected chi connectivity index (χ4v) is 2.22. The molecule has 2 N–H and O–H groups in total. The lowest BCUT2D eigenvalue weighted by molar-refractivity contribution is 0.251. The molecule has 25 heavy (non-hydrogen) atoms. The smallest absolute Gasteiger partial charge is 0.319 e. The zero-order valence-electron chi connectivity index (χ0n) is 13.1. The normalized spacial score (nSPS) is 10.5. The standard InChI is InChI=1S/C17H15F2N5O/c18-13-2-1-3-14(19)16(13)22-17(25)21-9-11-24-10-6-15(23-24)12-4-7-20-8-5-12/h1-8,10H,9,11H2,(H2,21,22,25). The first-order valence-electron chi connectivity index (χ1n) is 7.56. The summed E-state index contributed by atoms with van der Waals surface area (Å²) in [6, 6.07) is 8.23. The Kier molecular flexibility index (Phi) is 4.98. The molecular formula is C17H15F2N5O. The number of nitrogens with zero attached hydrogens (tertiary/aromatic N) is 3. The molecule has 0 aliphatic rings. The largest absolute Gasteiger partial charge is 0.336 e. The maximum absolute atomic E-state index is 13.5. The Labute approximate surface area is 142 Å². The van der Waals surface area contributed by atoms with E-state index in [1.165, 1.54) is 6.07 Å². The lowest BCUT2D eigenvalue weighted by Crippen LogP contribution is -2.32. The number of carbonyl (C=O) groups is 1. The Morgan fingerprint density at radius 2 is 1.80 bits per heavy atom. The van der Waals surface area contributed by atoms with Gasteiger partial charge in [-0.2, -0.15) is 5.10 Å². The zero-order chi connectivity index (χ0) is 17.6. The minimum Gasteiger partial charge on any atom is -0.336 e. The second-order valence-electron chi connectivity index (χ2n) is 5.18. The Morgan fingerprint density at radius 1 is 1.08 bits per heavy atom. The number of carbonyl (C=O) groups excluding carboxylic acids is 1. The van der Waals surface area contributed by atoms with Crippen LogP contribution in [0.3, 0.4) is 0 Å². The van der Waals surface area contributed by atoms with Crippen LogP contribution in [0.15, 0.2) is 55.0 Å². The number of hydrogen-bond donors (Lipinski definition) is 2. The summed E-state index contributed by atoms with van der Waals surface area (Å²) in [4.78, 5) is 15.7. The molecule has 0 radical (unpaired) electrons. The van der Waals surface area contributed by atoms with E-state index < -0.39 is 23.4 Å². The number of aromatic nitrogens is 3. The van der Waals surface area contributed by atoms with Crippen LogP contribution in [0.25, 0.3) is 11.3 Å². The van der Waals surface area contributed by atoms with E-state index in [9.17, 15) is 13.6 Å². The molecule has 0 saturated carbocycles. The van der Waals surface area contributed by atoms with Gasteiger partial charge in [0.05, 0.1) is 12.2 Å². The molecule has 6 nitrogen and oxygen atoms in total. The molecule has 0 atom stereocenters. The number of para-hydroxylation sites is 1. The van der Waals surface area contributed by atoms with Gasteiger partial charge in [0.25, 0.3) is 0 Å². The lowest BCUT2D eigenvalue weighted by atomic mass is 10.2. The molecule has 0 spiro atoms. The van der Waals surface area contributed by atoms with Gasteiger partial charge in [0.1, 0.15) is 17.3 Å². The van der Waals surface area contributed by atoms with Crippen LogP contribution in [0.4, 0.5) is 19.3 Å². The third kappa shape index (κ3) is 4.17. The van der Waals surface area contributed by atoms with E-state index in [-0.39, 0.29) is 6.54 Å². The van der Waals surface area contributed by atoms with Crippen molar-refractivity contribution in [1.82, 2.24) is 20.1 Å². The summed E-state index contributed by atoms with van der Waals surface area (Å²) in [5.74, 6) is -1.66. The summed E-state index contributed by atoms with van der Waals surface area (Å²) in [7, 11) is 0. The van der Waals surface area contributed by atoms with Crippen LogP contribution in [0.2, 0.25) is 0 Å². The number of halogens is 2. The Balaban J connectivity index is 1.51. The molecule has 1 aromatic carbocycles. The molecule has 0 unspecified atom stereocenters. The van der Waals surface area contributed by atoms with Crippen LogP contribution in [0, 0.1) is 11.6 Å². The highest BCUT2D eigenvalue weighted by Crippen LogP contribution is 2.17. The van der Waals surface area contributed by atoms with Crippen molar-refractivity contribution in [2.75, 3.05) is 11.9 Å². The number of hydrogen-bond acceptors (Lipinski definition) is 3. The van der Waals surface area contributed by atoms with Crippen molar-refractivity contribution in [1.29, 1.82) is 0 Å². The topological polar surface area (TPSA) is 71.8 Å². The quantitative estimate of drug-likeness (QED) is 0.748. The average molecular weight is 343 g/mol. The maximum atomic E-state index is 13.5. The highest BCUT2D eigenvalue weighted by Gasteiger charge is 2.11. The van der Waals surface area contributed by atoms with E-state index in [2.05, 4.69) is 20.7 Å². The van der Waals surface area contributed by atoms with Crippen molar-refractivity contribution < 1.29 is 13.6 Å². The number of anilines is 1. The van der Waals surface area contributed by atoms with Crippen LogP contribution in [0.5, 0.6) is 0 Å². The highest BCUT2D eigenvalue weighted by atomic mass is 19.1. The monoisotopic (exact) mass is 343 g/mol. The predicted molar refractivity (Wildman–Crippen MR) is 88.8 cm³/mol. The fraction of sp³-hybridized carbons (Fsp3) is 0.118. The second-order valence-corrected chi connectivity index (χ2v) is 5.18. The van der Waals surface area contributed by atoms with Gasteiger partial charge in [-0.25, -0.2) is 13.6 Å². The summed E-state index contributed by atoms with van der Waals surface area (Å²) in [6.07, 6.45) is 5.15. The van der Waals surface area contributed by atoms with Crippen LogP contribution in [-0.4, -0.2) is 27.3 Å². The van der Waals surface area contributed by atoms with E-state index in [0.29, 0.717) is 6.54 Å². The number of benzene rings is 1. The van der Waals surface area contributed by atoms with Gasteiger partial charge in [-0.3, -0.25) is 9.67 Å². The van der Waals surface area contributed by atoms with Crippen molar-refractivity contribution in [3.8, 4) is 11.3 Å². The number of amides is 2. The van der Waals surface area contributed by atoms with Crippen molar-refractivity contribution in [3.63, 3.8) is 0 Å². The number of urea groups is 1. The number of nitrogens with one attached hydrogen (secondary N) is 2. The number of rotatable bonds is 5. The predicted octanol–water partition coefficient (Wildman–Crippen LogP) is 3.05. The molecule has 8 heteroatoms.